The lowest BCUT2D eigenvalue weighted by molar-refractivity contribution is -0.117. The highest BCUT2D eigenvalue weighted by molar-refractivity contribution is 7.86. The van der Waals surface area contributed by atoms with Crippen molar-refractivity contribution in [1.82, 2.24) is 0 Å². The van der Waals surface area contributed by atoms with Crippen molar-refractivity contribution < 1.29 is 22.9 Å². The normalized spacial score (nSPS) is 13.2. The van der Waals surface area contributed by atoms with Gasteiger partial charge in [0.25, 0.3) is 10.1 Å². The van der Waals surface area contributed by atoms with E-state index in [0.717, 1.165) is 12.1 Å². The van der Waals surface area contributed by atoms with Gasteiger partial charge in [-0.1, -0.05) is 13.8 Å². The number of phenols is 1. The first-order valence-electron chi connectivity index (χ1n) is 5.98. The van der Waals surface area contributed by atoms with E-state index in [0.29, 0.717) is 6.42 Å². The van der Waals surface area contributed by atoms with Crippen LogP contribution in [0.3, 0.4) is 0 Å². The zero-order valence-corrected chi connectivity index (χ0v) is 12.0. The van der Waals surface area contributed by atoms with E-state index in [2.05, 4.69) is 5.32 Å². The second kappa shape index (κ2) is 6.21. The fourth-order valence-electron chi connectivity index (χ4n) is 1.65. The number of anilines is 1. The zero-order chi connectivity index (χ0) is 15.5. The van der Waals surface area contributed by atoms with Crippen LogP contribution in [0, 0.1) is 5.92 Å². The summed E-state index contributed by atoms with van der Waals surface area (Å²) in [5.74, 6) is -0.827. The van der Waals surface area contributed by atoms with Gasteiger partial charge in [0.1, 0.15) is 10.6 Å². The maximum Gasteiger partial charge on any atom is 0.298 e. The SMILES string of the molecule is CC(C)C[C@H](N)C(=O)Nc1ccc(O)c(S(=O)(=O)O)c1. The summed E-state index contributed by atoms with van der Waals surface area (Å²) in [6.45, 7) is 3.84. The van der Waals surface area contributed by atoms with Crippen molar-refractivity contribution >= 4 is 21.7 Å². The summed E-state index contributed by atoms with van der Waals surface area (Å²) in [6, 6.07) is 2.61. The van der Waals surface area contributed by atoms with Gasteiger partial charge < -0.3 is 16.2 Å². The van der Waals surface area contributed by atoms with Gasteiger partial charge >= 0.3 is 0 Å². The summed E-state index contributed by atoms with van der Waals surface area (Å²) in [6.07, 6.45) is 0.481. The summed E-state index contributed by atoms with van der Waals surface area (Å²) >= 11 is 0. The van der Waals surface area contributed by atoms with Gasteiger partial charge in [-0.05, 0) is 30.5 Å². The monoisotopic (exact) mass is 302 g/mol. The lowest BCUT2D eigenvalue weighted by Crippen LogP contribution is -2.36. The highest BCUT2D eigenvalue weighted by Crippen LogP contribution is 2.25. The maximum atomic E-state index is 11.8. The lowest BCUT2D eigenvalue weighted by Gasteiger charge is -2.14. The third kappa shape index (κ3) is 4.48. The van der Waals surface area contributed by atoms with Gasteiger partial charge in [-0.25, -0.2) is 0 Å². The number of hydrogen-bond acceptors (Lipinski definition) is 5. The molecule has 1 aromatic rings. The molecule has 112 valence electrons. The number of rotatable bonds is 5. The molecule has 0 aromatic heterocycles. The number of phenolic OH excluding ortho intramolecular Hbond substituents is 1. The third-order valence-corrected chi connectivity index (χ3v) is 3.45. The first kappa shape index (κ1) is 16.4. The van der Waals surface area contributed by atoms with Crippen LogP contribution in [0.1, 0.15) is 20.3 Å². The fourth-order valence-corrected chi connectivity index (χ4v) is 2.26. The van der Waals surface area contributed by atoms with Crippen LogP contribution in [0.2, 0.25) is 0 Å². The van der Waals surface area contributed by atoms with Gasteiger partial charge in [0, 0.05) is 5.69 Å². The Morgan fingerprint density at radius 1 is 1.40 bits per heavy atom. The second-order valence-corrected chi connectivity index (χ2v) is 6.27. The molecule has 0 bridgehead atoms. The van der Waals surface area contributed by atoms with Crippen LogP contribution in [0.25, 0.3) is 0 Å². The average molecular weight is 302 g/mol. The molecule has 0 radical (unpaired) electrons. The second-order valence-electron chi connectivity index (χ2n) is 4.88. The molecule has 0 saturated heterocycles. The zero-order valence-electron chi connectivity index (χ0n) is 11.2. The minimum absolute atomic E-state index is 0.125. The Labute approximate surface area is 117 Å². The van der Waals surface area contributed by atoms with Crippen molar-refractivity contribution in [2.24, 2.45) is 11.7 Å². The molecule has 0 aliphatic rings. The summed E-state index contributed by atoms with van der Waals surface area (Å²) < 4.78 is 31.0. The van der Waals surface area contributed by atoms with Crippen LogP contribution in [-0.2, 0) is 14.9 Å². The standard InChI is InChI=1S/C12H18N2O5S/c1-7(2)5-9(13)12(16)14-8-3-4-10(15)11(6-8)20(17,18)19/h3-4,6-7,9,15H,5,13H2,1-2H3,(H,14,16)(H,17,18,19)/t9-/m0/s1. The molecule has 20 heavy (non-hydrogen) atoms. The number of benzene rings is 1. The number of carbonyl (C=O) groups excluding carboxylic acids is 1. The highest BCUT2D eigenvalue weighted by Gasteiger charge is 2.19. The van der Waals surface area contributed by atoms with Crippen LogP contribution in [0.5, 0.6) is 5.75 Å². The van der Waals surface area contributed by atoms with Gasteiger partial charge in [0.2, 0.25) is 5.91 Å². The van der Waals surface area contributed by atoms with Crippen molar-refractivity contribution in [1.29, 1.82) is 0 Å². The Morgan fingerprint density at radius 2 is 2.00 bits per heavy atom. The number of nitrogens with two attached hydrogens (primary N) is 1. The molecule has 1 amide bonds. The Morgan fingerprint density at radius 3 is 2.50 bits per heavy atom. The Bertz CT molecular complexity index is 598. The molecule has 0 heterocycles. The van der Waals surface area contributed by atoms with Crippen molar-refractivity contribution in [3.05, 3.63) is 18.2 Å². The van der Waals surface area contributed by atoms with Gasteiger partial charge in [-0.3, -0.25) is 9.35 Å². The molecule has 0 fully saturated rings. The van der Waals surface area contributed by atoms with Gasteiger partial charge in [0.05, 0.1) is 6.04 Å². The fraction of sp³-hybridized carbons (Fsp3) is 0.417. The van der Waals surface area contributed by atoms with E-state index in [9.17, 15) is 18.3 Å². The number of hydrogen-bond donors (Lipinski definition) is 4. The minimum Gasteiger partial charge on any atom is -0.506 e. The molecule has 5 N–H and O–H groups in total. The van der Waals surface area contributed by atoms with Crippen LogP contribution < -0.4 is 11.1 Å². The molecule has 1 atom stereocenters. The van der Waals surface area contributed by atoms with E-state index in [1.807, 2.05) is 13.8 Å². The van der Waals surface area contributed by atoms with Crippen LogP contribution in [0.15, 0.2) is 23.1 Å². The van der Waals surface area contributed by atoms with E-state index >= 15 is 0 Å². The van der Waals surface area contributed by atoms with Crippen LogP contribution >= 0.6 is 0 Å². The predicted octanol–water partition coefficient (Wildman–Crippen LogP) is 0.951. The Kier molecular flexibility index (Phi) is 5.09. The van der Waals surface area contributed by atoms with E-state index < -0.39 is 32.7 Å². The van der Waals surface area contributed by atoms with E-state index in [1.165, 1.54) is 6.07 Å². The topological polar surface area (TPSA) is 130 Å². The first-order chi connectivity index (χ1) is 9.11. The molecule has 0 aliphatic carbocycles. The number of aromatic hydroxyl groups is 1. The average Bonchev–Trinajstić information content (AvgIpc) is 2.29. The first-order valence-corrected chi connectivity index (χ1v) is 7.42. The van der Waals surface area contributed by atoms with Gasteiger partial charge in [0.15, 0.2) is 0 Å². The lowest BCUT2D eigenvalue weighted by atomic mass is 10.0. The molecule has 0 unspecified atom stereocenters. The maximum absolute atomic E-state index is 11.8. The summed E-state index contributed by atoms with van der Waals surface area (Å²) in [4.78, 5) is 11.1. The molecular weight excluding hydrogens is 284 g/mol. The summed E-state index contributed by atoms with van der Waals surface area (Å²) in [5.41, 5.74) is 5.82. The van der Waals surface area contributed by atoms with E-state index in [4.69, 9.17) is 10.3 Å². The Balaban J connectivity index is 2.92. The minimum atomic E-state index is -4.56. The highest BCUT2D eigenvalue weighted by atomic mass is 32.2. The van der Waals surface area contributed by atoms with E-state index in [1.54, 1.807) is 0 Å². The molecule has 0 spiro atoms. The van der Waals surface area contributed by atoms with Crippen molar-refractivity contribution in [3.8, 4) is 5.75 Å². The molecule has 0 saturated carbocycles. The number of amides is 1. The molecule has 1 aromatic carbocycles. The number of nitrogens with one attached hydrogen (secondary N) is 1. The smallest absolute Gasteiger partial charge is 0.298 e. The van der Waals surface area contributed by atoms with Gasteiger partial charge in [-0.2, -0.15) is 8.42 Å². The predicted molar refractivity (Wildman–Crippen MR) is 74.0 cm³/mol. The van der Waals surface area contributed by atoms with Crippen LogP contribution in [0.4, 0.5) is 5.69 Å². The van der Waals surface area contributed by atoms with Crippen molar-refractivity contribution in [2.75, 3.05) is 5.32 Å². The van der Waals surface area contributed by atoms with Crippen molar-refractivity contribution in [2.45, 2.75) is 31.2 Å². The summed E-state index contributed by atoms with van der Waals surface area (Å²) in [5, 5.41) is 11.8. The third-order valence-electron chi connectivity index (χ3n) is 2.57. The van der Waals surface area contributed by atoms with E-state index in [-0.39, 0.29) is 11.6 Å². The van der Waals surface area contributed by atoms with Crippen LogP contribution in [-0.4, -0.2) is 30.0 Å². The molecule has 7 nitrogen and oxygen atoms in total. The van der Waals surface area contributed by atoms with Gasteiger partial charge in [-0.15, -0.1) is 0 Å². The Hall–Kier alpha value is -1.64. The summed E-state index contributed by atoms with van der Waals surface area (Å²) in [7, 11) is -4.56. The molecule has 8 heteroatoms. The molecule has 1 rings (SSSR count). The van der Waals surface area contributed by atoms with Crippen molar-refractivity contribution in [3.63, 3.8) is 0 Å². The number of carbonyl (C=O) groups is 1. The molecular formula is C12H18N2O5S. The largest absolute Gasteiger partial charge is 0.506 e. The quantitative estimate of drug-likeness (QED) is 0.473. The molecule has 0 aliphatic heterocycles.